The van der Waals surface area contributed by atoms with Crippen LogP contribution in [0.2, 0.25) is 0 Å². The maximum atomic E-state index is 12.3. The number of thiophene rings is 1. The molecule has 1 aromatic heterocycles. The number of ether oxygens (including phenoxy) is 1. The fourth-order valence-corrected chi connectivity index (χ4v) is 2.80. The van der Waals surface area contributed by atoms with Gasteiger partial charge in [0.25, 0.3) is 0 Å². The number of nitrogens with zero attached hydrogens (tertiary/aromatic N) is 1. The lowest BCUT2D eigenvalue weighted by Gasteiger charge is -2.30. The average Bonchev–Trinajstić information content (AvgIpc) is 2.93. The van der Waals surface area contributed by atoms with Gasteiger partial charge in [0.05, 0.1) is 12.1 Å². The second kappa shape index (κ2) is 5.51. The normalized spacial score (nSPS) is 19.8. The summed E-state index contributed by atoms with van der Waals surface area (Å²) in [6.45, 7) is 2.89. The molecule has 1 amide bonds. The highest BCUT2D eigenvalue weighted by Crippen LogP contribution is 2.31. The minimum Gasteiger partial charge on any atom is -0.381 e. The largest absolute Gasteiger partial charge is 0.381 e. The molecule has 4 nitrogen and oxygen atoms in total. The Bertz CT molecular complexity index is 444. The quantitative estimate of drug-likeness (QED) is 0.910. The van der Waals surface area contributed by atoms with Crippen LogP contribution in [0.15, 0.2) is 16.8 Å². The fourth-order valence-electron chi connectivity index (χ4n) is 2.05. The maximum absolute atomic E-state index is 12.3. The Balaban J connectivity index is 2.04. The summed E-state index contributed by atoms with van der Waals surface area (Å²) in [5.41, 5.74) is 0.163. The van der Waals surface area contributed by atoms with Crippen molar-refractivity contribution < 1.29 is 9.53 Å². The Morgan fingerprint density at radius 3 is 2.89 bits per heavy atom. The molecule has 1 aromatic rings. The summed E-state index contributed by atoms with van der Waals surface area (Å²) in [6.07, 6.45) is 0.956. The van der Waals surface area contributed by atoms with Crippen LogP contribution in [0.5, 0.6) is 0 Å². The third-order valence-corrected chi connectivity index (χ3v) is 4.09. The maximum Gasteiger partial charge on any atom is 0.241 e. The lowest BCUT2D eigenvalue weighted by atomic mass is 9.80. The van der Waals surface area contributed by atoms with Crippen LogP contribution in [0.1, 0.15) is 31.4 Å². The number of carbonyl (C=O) groups is 1. The molecular formula is C13H16N2O2S. The fraction of sp³-hybridized carbons (Fsp3) is 0.538. The minimum absolute atomic E-state index is 0.0585. The highest BCUT2D eigenvalue weighted by Gasteiger charge is 2.40. The van der Waals surface area contributed by atoms with E-state index in [2.05, 4.69) is 11.4 Å². The molecule has 1 unspecified atom stereocenters. The highest BCUT2D eigenvalue weighted by molar-refractivity contribution is 7.07. The smallest absolute Gasteiger partial charge is 0.241 e. The third-order valence-electron chi connectivity index (χ3n) is 3.39. The lowest BCUT2D eigenvalue weighted by molar-refractivity contribution is -0.133. The molecule has 0 saturated carbocycles. The molecule has 5 heteroatoms. The minimum atomic E-state index is -0.914. The van der Waals surface area contributed by atoms with Gasteiger partial charge in [0.1, 0.15) is 5.41 Å². The van der Waals surface area contributed by atoms with Gasteiger partial charge in [0, 0.05) is 13.2 Å². The van der Waals surface area contributed by atoms with Crippen molar-refractivity contribution in [3.8, 4) is 6.07 Å². The van der Waals surface area contributed by atoms with Crippen molar-refractivity contribution in [2.45, 2.75) is 25.8 Å². The first-order chi connectivity index (χ1) is 8.68. The molecule has 1 N–H and O–H groups in total. The number of amides is 1. The molecule has 0 aliphatic carbocycles. The summed E-state index contributed by atoms with van der Waals surface area (Å²) >= 11 is 1.60. The van der Waals surface area contributed by atoms with Crippen LogP contribution in [0.3, 0.4) is 0 Å². The van der Waals surface area contributed by atoms with E-state index >= 15 is 0 Å². The number of hydrogen-bond acceptors (Lipinski definition) is 4. The zero-order chi connectivity index (χ0) is 13.0. The van der Waals surface area contributed by atoms with E-state index in [0.717, 1.165) is 5.56 Å². The van der Waals surface area contributed by atoms with Crippen molar-refractivity contribution in [3.63, 3.8) is 0 Å². The van der Waals surface area contributed by atoms with Crippen molar-refractivity contribution in [3.05, 3.63) is 22.4 Å². The highest BCUT2D eigenvalue weighted by atomic mass is 32.1. The van der Waals surface area contributed by atoms with Crippen LogP contribution in [0.4, 0.5) is 0 Å². The van der Waals surface area contributed by atoms with Crippen LogP contribution in [-0.4, -0.2) is 19.1 Å². The van der Waals surface area contributed by atoms with Crippen LogP contribution in [0, 0.1) is 16.7 Å². The van der Waals surface area contributed by atoms with Crippen LogP contribution in [0.25, 0.3) is 0 Å². The van der Waals surface area contributed by atoms with Crippen LogP contribution in [-0.2, 0) is 9.53 Å². The predicted molar refractivity (Wildman–Crippen MR) is 69.0 cm³/mol. The first kappa shape index (κ1) is 13.1. The van der Waals surface area contributed by atoms with Crippen molar-refractivity contribution in [1.82, 2.24) is 5.32 Å². The zero-order valence-electron chi connectivity index (χ0n) is 10.3. The van der Waals surface area contributed by atoms with E-state index in [9.17, 15) is 10.1 Å². The molecule has 18 heavy (non-hydrogen) atoms. The first-order valence-electron chi connectivity index (χ1n) is 6.00. The Morgan fingerprint density at radius 1 is 1.61 bits per heavy atom. The Hall–Kier alpha value is -1.38. The molecule has 1 aliphatic heterocycles. The summed E-state index contributed by atoms with van der Waals surface area (Å²) in [7, 11) is 0. The Labute approximate surface area is 111 Å². The SMILES string of the molecule is CC(NC(=O)C1(C#N)CCOCC1)c1ccsc1. The van der Waals surface area contributed by atoms with Crippen LogP contribution >= 0.6 is 11.3 Å². The van der Waals surface area contributed by atoms with E-state index in [1.807, 2.05) is 23.8 Å². The molecule has 1 saturated heterocycles. The van der Waals surface area contributed by atoms with Gasteiger partial charge >= 0.3 is 0 Å². The molecule has 1 aliphatic rings. The van der Waals surface area contributed by atoms with Crippen LogP contribution < -0.4 is 5.32 Å². The molecule has 1 atom stereocenters. The van der Waals surface area contributed by atoms with E-state index in [0.29, 0.717) is 26.1 Å². The summed E-state index contributed by atoms with van der Waals surface area (Å²) in [5, 5.41) is 16.2. The van der Waals surface area contributed by atoms with Gasteiger partial charge in [-0.2, -0.15) is 16.6 Å². The van der Waals surface area contributed by atoms with Crippen molar-refractivity contribution in [2.24, 2.45) is 5.41 Å². The van der Waals surface area contributed by atoms with Gasteiger partial charge in [0.15, 0.2) is 0 Å². The van der Waals surface area contributed by atoms with Crippen molar-refractivity contribution in [2.75, 3.05) is 13.2 Å². The van der Waals surface area contributed by atoms with Gasteiger partial charge in [-0.1, -0.05) is 0 Å². The van der Waals surface area contributed by atoms with E-state index in [-0.39, 0.29) is 11.9 Å². The van der Waals surface area contributed by atoms with Crippen molar-refractivity contribution in [1.29, 1.82) is 5.26 Å². The van der Waals surface area contributed by atoms with Crippen molar-refractivity contribution >= 4 is 17.2 Å². The summed E-state index contributed by atoms with van der Waals surface area (Å²) in [5.74, 6) is -0.174. The van der Waals surface area contributed by atoms with E-state index < -0.39 is 5.41 Å². The van der Waals surface area contributed by atoms with E-state index in [1.165, 1.54) is 0 Å². The van der Waals surface area contributed by atoms with Gasteiger partial charge in [0.2, 0.25) is 5.91 Å². The van der Waals surface area contributed by atoms with E-state index in [4.69, 9.17) is 4.74 Å². The zero-order valence-corrected chi connectivity index (χ0v) is 11.1. The molecule has 0 bridgehead atoms. The molecule has 2 rings (SSSR count). The number of nitriles is 1. The topological polar surface area (TPSA) is 62.1 Å². The second-order valence-electron chi connectivity index (χ2n) is 4.56. The Morgan fingerprint density at radius 2 is 2.33 bits per heavy atom. The molecule has 0 aromatic carbocycles. The Kier molecular flexibility index (Phi) is 4.00. The first-order valence-corrected chi connectivity index (χ1v) is 6.94. The lowest BCUT2D eigenvalue weighted by Crippen LogP contribution is -2.44. The molecule has 96 valence electrons. The molecule has 1 fully saturated rings. The van der Waals surface area contributed by atoms with Gasteiger partial charge < -0.3 is 10.1 Å². The average molecular weight is 264 g/mol. The summed E-state index contributed by atoms with van der Waals surface area (Å²) in [4.78, 5) is 12.3. The monoisotopic (exact) mass is 264 g/mol. The number of hydrogen-bond donors (Lipinski definition) is 1. The summed E-state index contributed by atoms with van der Waals surface area (Å²) < 4.78 is 5.22. The number of rotatable bonds is 3. The second-order valence-corrected chi connectivity index (χ2v) is 5.34. The number of nitrogens with one attached hydrogen (secondary N) is 1. The number of carbonyl (C=O) groups excluding carboxylic acids is 1. The van der Waals surface area contributed by atoms with Gasteiger partial charge in [-0.15, -0.1) is 0 Å². The molecular weight excluding hydrogens is 248 g/mol. The van der Waals surface area contributed by atoms with Gasteiger partial charge in [-0.05, 0) is 42.2 Å². The van der Waals surface area contributed by atoms with Gasteiger partial charge in [-0.3, -0.25) is 4.79 Å². The molecule has 0 spiro atoms. The third kappa shape index (κ3) is 2.55. The van der Waals surface area contributed by atoms with Gasteiger partial charge in [-0.25, -0.2) is 0 Å². The van der Waals surface area contributed by atoms with E-state index in [1.54, 1.807) is 11.3 Å². The molecule has 0 radical (unpaired) electrons. The standard InChI is InChI=1S/C13H16N2O2S/c1-10(11-2-7-18-8-11)15-12(16)13(9-14)3-5-17-6-4-13/h2,7-8,10H,3-6H2,1H3,(H,15,16). The summed E-state index contributed by atoms with van der Waals surface area (Å²) in [6, 6.07) is 4.10. The molecule has 2 heterocycles. The predicted octanol–water partition coefficient (Wildman–Crippen LogP) is 2.25.